The second kappa shape index (κ2) is 7.24. The normalized spacial score (nSPS) is 10.3. The zero-order valence-corrected chi connectivity index (χ0v) is 12.7. The van der Waals surface area contributed by atoms with Gasteiger partial charge in [-0.2, -0.15) is 0 Å². The van der Waals surface area contributed by atoms with E-state index >= 15 is 0 Å². The number of nitrogen functional groups attached to an aromatic ring is 1. The average molecular weight is 324 g/mol. The van der Waals surface area contributed by atoms with Crippen molar-refractivity contribution in [3.63, 3.8) is 0 Å². The third-order valence-corrected chi connectivity index (χ3v) is 4.11. The first-order valence-corrected chi connectivity index (χ1v) is 7.56. The molecule has 0 aliphatic heterocycles. The Morgan fingerprint density at radius 1 is 1.29 bits per heavy atom. The van der Waals surface area contributed by atoms with Crippen molar-refractivity contribution in [2.75, 3.05) is 18.1 Å². The summed E-state index contributed by atoms with van der Waals surface area (Å²) in [7, 11) is 0. The third-order valence-electron chi connectivity index (χ3n) is 2.65. The van der Waals surface area contributed by atoms with Gasteiger partial charge in [-0.15, -0.1) is 11.8 Å². The van der Waals surface area contributed by atoms with Crippen LogP contribution in [0.4, 0.5) is 5.69 Å². The van der Waals surface area contributed by atoms with E-state index in [1.165, 1.54) is 23.9 Å². The number of rotatable bonds is 6. The molecule has 0 unspecified atom stereocenters. The summed E-state index contributed by atoms with van der Waals surface area (Å²) in [6, 6.07) is 11.7. The topological polar surface area (TPSA) is 72.5 Å². The van der Waals surface area contributed by atoms with Gasteiger partial charge in [0.1, 0.15) is 5.75 Å². The number of ether oxygens (including phenoxy) is 1. The van der Waals surface area contributed by atoms with Crippen molar-refractivity contribution in [1.29, 1.82) is 0 Å². The molecule has 0 spiro atoms. The number of hydrogen-bond acceptors (Lipinski definition) is 4. The molecule has 21 heavy (non-hydrogen) atoms. The van der Waals surface area contributed by atoms with Crippen molar-refractivity contribution >= 4 is 35.0 Å². The van der Waals surface area contributed by atoms with Crippen molar-refractivity contribution < 1.29 is 14.6 Å². The number of halogens is 1. The van der Waals surface area contributed by atoms with E-state index in [1.54, 1.807) is 24.3 Å². The molecule has 2 aromatic carbocycles. The Hall–Kier alpha value is -1.85. The summed E-state index contributed by atoms with van der Waals surface area (Å²) in [5, 5.41) is 9.55. The first-order chi connectivity index (χ1) is 10.1. The Kier molecular flexibility index (Phi) is 5.36. The molecule has 0 amide bonds. The summed E-state index contributed by atoms with van der Waals surface area (Å²) in [5.41, 5.74) is 6.58. The van der Waals surface area contributed by atoms with E-state index in [9.17, 15) is 4.79 Å². The molecular formula is C15H14ClNO3S. The van der Waals surface area contributed by atoms with Gasteiger partial charge in [0, 0.05) is 16.3 Å². The lowest BCUT2D eigenvalue weighted by Gasteiger charge is -2.08. The van der Waals surface area contributed by atoms with Crippen LogP contribution in [0.1, 0.15) is 10.4 Å². The summed E-state index contributed by atoms with van der Waals surface area (Å²) >= 11 is 7.60. The SMILES string of the molecule is Nc1ccc(Cl)c(SCCOc2cccc(C(=O)O)c2)c1. The molecular weight excluding hydrogens is 310 g/mol. The molecule has 0 fully saturated rings. The van der Waals surface area contributed by atoms with E-state index < -0.39 is 5.97 Å². The van der Waals surface area contributed by atoms with E-state index in [0.29, 0.717) is 28.8 Å². The molecule has 0 saturated heterocycles. The minimum Gasteiger partial charge on any atom is -0.493 e. The van der Waals surface area contributed by atoms with Crippen LogP contribution in [-0.2, 0) is 0 Å². The molecule has 0 heterocycles. The van der Waals surface area contributed by atoms with E-state index in [4.69, 9.17) is 27.2 Å². The smallest absolute Gasteiger partial charge is 0.335 e. The second-order valence-electron chi connectivity index (χ2n) is 4.22. The lowest BCUT2D eigenvalue weighted by atomic mass is 10.2. The maximum absolute atomic E-state index is 10.9. The highest BCUT2D eigenvalue weighted by Gasteiger charge is 2.05. The first-order valence-electron chi connectivity index (χ1n) is 6.20. The molecule has 2 rings (SSSR count). The largest absolute Gasteiger partial charge is 0.493 e. The predicted molar refractivity (Wildman–Crippen MR) is 85.5 cm³/mol. The van der Waals surface area contributed by atoms with Crippen LogP contribution in [0.15, 0.2) is 47.4 Å². The van der Waals surface area contributed by atoms with Crippen LogP contribution in [0.25, 0.3) is 0 Å². The van der Waals surface area contributed by atoms with Gasteiger partial charge in [0.05, 0.1) is 17.2 Å². The van der Waals surface area contributed by atoms with Crippen molar-refractivity contribution in [2.45, 2.75) is 4.90 Å². The van der Waals surface area contributed by atoms with Gasteiger partial charge < -0.3 is 15.6 Å². The highest BCUT2D eigenvalue weighted by molar-refractivity contribution is 7.99. The molecule has 3 N–H and O–H groups in total. The maximum Gasteiger partial charge on any atom is 0.335 e. The molecule has 0 saturated carbocycles. The fourth-order valence-corrected chi connectivity index (χ4v) is 2.75. The molecule has 6 heteroatoms. The number of aromatic carboxylic acids is 1. The Labute approximate surface area is 131 Å². The fraction of sp³-hybridized carbons (Fsp3) is 0.133. The lowest BCUT2D eigenvalue weighted by molar-refractivity contribution is 0.0696. The van der Waals surface area contributed by atoms with Gasteiger partial charge in [0.15, 0.2) is 0 Å². The molecule has 0 aromatic heterocycles. The molecule has 0 bridgehead atoms. The molecule has 110 valence electrons. The first kappa shape index (κ1) is 15.5. The molecule has 0 aliphatic carbocycles. The molecule has 0 radical (unpaired) electrons. The number of carboxylic acids is 1. The Morgan fingerprint density at radius 2 is 2.10 bits per heavy atom. The Balaban J connectivity index is 1.86. The van der Waals surface area contributed by atoms with Crippen LogP contribution < -0.4 is 10.5 Å². The molecule has 0 atom stereocenters. The van der Waals surface area contributed by atoms with Crippen molar-refractivity contribution in [2.24, 2.45) is 0 Å². The van der Waals surface area contributed by atoms with Crippen LogP contribution in [-0.4, -0.2) is 23.4 Å². The zero-order chi connectivity index (χ0) is 15.2. The minimum absolute atomic E-state index is 0.207. The quantitative estimate of drug-likeness (QED) is 0.480. The van der Waals surface area contributed by atoms with Crippen molar-refractivity contribution in [3.05, 3.63) is 53.1 Å². The van der Waals surface area contributed by atoms with Crippen LogP contribution in [0.5, 0.6) is 5.75 Å². The monoisotopic (exact) mass is 323 g/mol. The number of hydrogen-bond donors (Lipinski definition) is 2. The number of benzene rings is 2. The summed E-state index contributed by atoms with van der Waals surface area (Å²) in [4.78, 5) is 11.8. The van der Waals surface area contributed by atoms with E-state index in [0.717, 1.165) is 4.90 Å². The van der Waals surface area contributed by atoms with Gasteiger partial charge >= 0.3 is 5.97 Å². The minimum atomic E-state index is -0.971. The predicted octanol–water partition coefficient (Wildman–Crippen LogP) is 3.79. The number of thioether (sulfide) groups is 1. The van der Waals surface area contributed by atoms with Gasteiger partial charge in [-0.1, -0.05) is 17.7 Å². The highest BCUT2D eigenvalue weighted by Crippen LogP contribution is 2.28. The maximum atomic E-state index is 10.9. The van der Waals surface area contributed by atoms with Crippen LogP contribution in [0.2, 0.25) is 5.02 Å². The number of carbonyl (C=O) groups is 1. The van der Waals surface area contributed by atoms with E-state index in [-0.39, 0.29) is 5.56 Å². The van der Waals surface area contributed by atoms with Gasteiger partial charge in [0.25, 0.3) is 0 Å². The summed E-state index contributed by atoms with van der Waals surface area (Å²) in [6.07, 6.45) is 0. The Bertz CT molecular complexity index is 649. The summed E-state index contributed by atoms with van der Waals surface area (Å²) in [6.45, 7) is 0.443. The summed E-state index contributed by atoms with van der Waals surface area (Å²) < 4.78 is 5.53. The second-order valence-corrected chi connectivity index (χ2v) is 5.76. The standard InChI is InChI=1S/C15H14ClNO3S/c16-13-5-4-11(17)9-14(13)21-7-6-20-12-3-1-2-10(8-12)15(18)19/h1-5,8-9H,6-7,17H2,(H,18,19). The molecule has 4 nitrogen and oxygen atoms in total. The number of carboxylic acid groups (broad SMARTS) is 1. The third kappa shape index (κ3) is 4.58. The van der Waals surface area contributed by atoms with Gasteiger partial charge in [-0.05, 0) is 36.4 Å². The number of anilines is 1. The molecule has 0 aliphatic rings. The fourth-order valence-electron chi connectivity index (χ4n) is 1.66. The summed E-state index contributed by atoms with van der Waals surface area (Å²) in [5.74, 6) is 0.246. The molecule has 2 aromatic rings. The Morgan fingerprint density at radius 3 is 2.86 bits per heavy atom. The van der Waals surface area contributed by atoms with Crippen LogP contribution >= 0.6 is 23.4 Å². The average Bonchev–Trinajstić information content (AvgIpc) is 2.47. The van der Waals surface area contributed by atoms with Gasteiger partial charge in [-0.3, -0.25) is 0 Å². The van der Waals surface area contributed by atoms with Crippen molar-refractivity contribution in [1.82, 2.24) is 0 Å². The highest BCUT2D eigenvalue weighted by atomic mass is 35.5. The van der Waals surface area contributed by atoms with Gasteiger partial charge in [-0.25, -0.2) is 4.79 Å². The lowest BCUT2D eigenvalue weighted by Crippen LogP contribution is -2.02. The van der Waals surface area contributed by atoms with E-state index in [1.807, 2.05) is 6.07 Å². The van der Waals surface area contributed by atoms with Crippen LogP contribution in [0, 0.1) is 0 Å². The number of nitrogens with two attached hydrogens (primary N) is 1. The van der Waals surface area contributed by atoms with Gasteiger partial charge in [0.2, 0.25) is 0 Å². The zero-order valence-electron chi connectivity index (χ0n) is 11.1. The van der Waals surface area contributed by atoms with Crippen LogP contribution in [0.3, 0.4) is 0 Å². The van der Waals surface area contributed by atoms with E-state index in [2.05, 4.69) is 0 Å². The van der Waals surface area contributed by atoms with Crippen molar-refractivity contribution in [3.8, 4) is 5.75 Å².